The van der Waals surface area contributed by atoms with E-state index in [0.717, 1.165) is 0 Å². The fourth-order valence-electron chi connectivity index (χ4n) is 1.77. The predicted octanol–water partition coefficient (Wildman–Crippen LogP) is -1.62. The molecule has 0 unspecified atom stereocenters. The van der Waals surface area contributed by atoms with Crippen LogP contribution in [0.15, 0.2) is 23.1 Å². The summed E-state index contributed by atoms with van der Waals surface area (Å²) in [7, 11) is -3.91. The molecule has 1 saturated heterocycles. The van der Waals surface area contributed by atoms with Crippen molar-refractivity contribution in [2.45, 2.75) is 4.90 Å². The van der Waals surface area contributed by atoms with Gasteiger partial charge in [-0.2, -0.15) is 0 Å². The standard InChI is InChI=1S/C10H12N4O4S/c11-6-1-7(3-8(2-6)19(12,17)18)14-4-9(15)13-10(16)5-14/h1-3H,4-5,11H2,(H2,12,17,18)(H,13,15,16). The molecule has 8 nitrogen and oxygen atoms in total. The number of hydrogen-bond acceptors (Lipinski definition) is 6. The minimum Gasteiger partial charge on any atom is -0.399 e. The van der Waals surface area contributed by atoms with Crippen LogP contribution >= 0.6 is 0 Å². The van der Waals surface area contributed by atoms with Crippen molar-refractivity contribution >= 4 is 33.2 Å². The molecule has 0 aliphatic carbocycles. The van der Waals surface area contributed by atoms with E-state index < -0.39 is 21.8 Å². The number of nitrogens with zero attached hydrogens (tertiary/aromatic N) is 1. The van der Waals surface area contributed by atoms with Crippen molar-refractivity contribution in [1.82, 2.24) is 5.32 Å². The van der Waals surface area contributed by atoms with E-state index in [0.29, 0.717) is 5.69 Å². The van der Waals surface area contributed by atoms with Crippen molar-refractivity contribution in [3.05, 3.63) is 18.2 Å². The largest absolute Gasteiger partial charge is 0.399 e. The SMILES string of the molecule is Nc1cc(N2CC(=O)NC(=O)C2)cc(S(N)(=O)=O)c1. The van der Waals surface area contributed by atoms with Crippen molar-refractivity contribution in [3.8, 4) is 0 Å². The second-order valence-corrected chi connectivity index (χ2v) is 5.69. The third kappa shape index (κ3) is 3.01. The number of imide groups is 1. The number of hydrogen-bond donors (Lipinski definition) is 3. The lowest BCUT2D eigenvalue weighted by Crippen LogP contribution is -2.51. The molecule has 0 aromatic heterocycles. The smallest absolute Gasteiger partial charge is 0.246 e. The van der Waals surface area contributed by atoms with Gasteiger partial charge in [0.1, 0.15) is 0 Å². The van der Waals surface area contributed by atoms with Crippen molar-refractivity contribution in [2.75, 3.05) is 23.7 Å². The molecule has 0 bridgehead atoms. The first-order chi connectivity index (χ1) is 8.75. The summed E-state index contributed by atoms with van der Waals surface area (Å²) in [6, 6.07) is 3.96. The molecular formula is C10H12N4O4S. The molecule has 0 radical (unpaired) electrons. The maximum absolute atomic E-state index is 11.3. The Morgan fingerprint density at radius 2 is 1.68 bits per heavy atom. The Morgan fingerprint density at radius 3 is 2.21 bits per heavy atom. The Morgan fingerprint density at radius 1 is 1.11 bits per heavy atom. The van der Waals surface area contributed by atoms with Gasteiger partial charge in [0.2, 0.25) is 21.8 Å². The van der Waals surface area contributed by atoms with Gasteiger partial charge in [-0.1, -0.05) is 0 Å². The normalized spacial score (nSPS) is 16.4. The van der Waals surface area contributed by atoms with E-state index >= 15 is 0 Å². The predicted molar refractivity (Wildman–Crippen MR) is 67.6 cm³/mol. The summed E-state index contributed by atoms with van der Waals surface area (Å²) in [5, 5.41) is 7.18. The Balaban J connectivity index is 2.42. The molecular weight excluding hydrogens is 272 g/mol. The third-order valence-corrected chi connectivity index (χ3v) is 3.45. The number of piperazine rings is 1. The van der Waals surface area contributed by atoms with Gasteiger partial charge in [-0.25, -0.2) is 13.6 Å². The van der Waals surface area contributed by atoms with Gasteiger partial charge in [0, 0.05) is 11.4 Å². The number of carbonyl (C=O) groups excluding carboxylic acids is 2. The molecule has 9 heteroatoms. The number of nitrogen functional groups attached to an aromatic ring is 1. The number of sulfonamides is 1. The number of nitrogens with two attached hydrogens (primary N) is 2. The Kier molecular flexibility index (Phi) is 3.16. The maximum atomic E-state index is 11.3. The second kappa shape index (κ2) is 4.52. The van der Waals surface area contributed by atoms with E-state index in [1.807, 2.05) is 0 Å². The molecule has 1 heterocycles. The van der Waals surface area contributed by atoms with Crippen LogP contribution in [0.2, 0.25) is 0 Å². The highest BCUT2D eigenvalue weighted by Gasteiger charge is 2.23. The Labute approximate surface area is 109 Å². The summed E-state index contributed by atoms with van der Waals surface area (Å²) < 4.78 is 22.6. The van der Waals surface area contributed by atoms with Gasteiger partial charge in [0.25, 0.3) is 0 Å². The van der Waals surface area contributed by atoms with Crippen molar-refractivity contribution in [2.24, 2.45) is 5.14 Å². The first kappa shape index (κ1) is 13.3. The third-order valence-electron chi connectivity index (χ3n) is 2.56. The van der Waals surface area contributed by atoms with Gasteiger partial charge in [0.15, 0.2) is 0 Å². The van der Waals surface area contributed by atoms with Gasteiger partial charge in [0.05, 0.1) is 18.0 Å². The van der Waals surface area contributed by atoms with Crippen LogP contribution in [0.5, 0.6) is 0 Å². The Hall–Kier alpha value is -2.13. The molecule has 0 saturated carbocycles. The van der Waals surface area contributed by atoms with Crippen molar-refractivity contribution in [3.63, 3.8) is 0 Å². The molecule has 1 aromatic rings. The average molecular weight is 284 g/mol. The van der Waals surface area contributed by atoms with E-state index in [9.17, 15) is 18.0 Å². The first-order valence-corrected chi connectivity index (χ1v) is 6.81. The van der Waals surface area contributed by atoms with Gasteiger partial charge in [-0.05, 0) is 18.2 Å². The quantitative estimate of drug-likeness (QED) is 0.441. The van der Waals surface area contributed by atoms with E-state index in [4.69, 9.17) is 10.9 Å². The summed E-state index contributed by atoms with van der Waals surface area (Å²) in [6.07, 6.45) is 0. The summed E-state index contributed by atoms with van der Waals surface area (Å²) in [4.78, 5) is 23.8. The van der Waals surface area contributed by atoms with Crippen LogP contribution in [0, 0.1) is 0 Å². The number of rotatable bonds is 2. The van der Waals surface area contributed by atoms with Crippen LogP contribution in [-0.4, -0.2) is 33.3 Å². The summed E-state index contributed by atoms with van der Waals surface area (Å²) >= 11 is 0. The molecule has 19 heavy (non-hydrogen) atoms. The molecule has 1 aliphatic heterocycles. The lowest BCUT2D eigenvalue weighted by molar-refractivity contribution is -0.130. The molecule has 2 amide bonds. The highest BCUT2D eigenvalue weighted by atomic mass is 32.2. The summed E-state index contributed by atoms with van der Waals surface area (Å²) in [5.74, 6) is -0.924. The molecule has 1 aliphatic rings. The number of carbonyl (C=O) groups is 2. The van der Waals surface area contributed by atoms with Gasteiger partial charge in [-0.15, -0.1) is 0 Å². The monoisotopic (exact) mass is 284 g/mol. The molecule has 0 spiro atoms. The maximum Gasteiger partial charge on any atom is 0.246 e. The zero-order valence-electron chi connectivity index (χ0n) is 9.79. The number of amides is 2. The van der Waals surface area contributed by atoms with E-state index in [-0.39, 0.29) is 23.7 Å². The van der Waals surface area contributed by atoms with Gasteiger partial charge < -0.3 is 10.6 Å². The first-order valence-electron chi connectivity index (χ1n) is 5.27. The van der Waals surface area contributed by atoms with Crippen molar-refractivity contribution < 1.29 is 18.0 Å². The minimum absolute atomic E-state index is 0.0563. The Bertz CT molecular complexity index is 639. The number of nitrogens with one attached hydrogen (secondary N) is 1. The van der Waals surface area contributed by atoms with Crippen LogP contribution in [0.4, 0.5) is 11.4 Å². The van der Waals surface area contributed by atoms with Crippen molar-refractivity contribution in [1.29, 1.82) is 0 Å². The number of anilines is 2. The highest BCUT2D eigenvalue weighted by molar-refractivity contribution is 7.89. The molecule has 102 valence electrons. The van der Waals surface area contributed by atoms with Crippen LogP contribution in [-0.2, 0) is 19.6 Å². The summed E-state index contributed by atoms with van der Waals surface area (Å²) in [6.45, 7) is -0.113. The molecule has 1 fully saturated rings. The van der Waals surface area contributed by atoms with Crippen LogP contribution < -0.4 is 21.1 Å². The van der Waals surface area contributed by atoms with Crippen LogP contribution in [0.3, 0.4) is 0 Å². The minimum atomic E-state index is -3.91. The van der Waals surface area contributed by atoms with E-state index in [2.05, 4.69) is 5.32 Å². The van der Waals surface area contributed by atoms with Gasteiger partial charge >= 0.3 is 0 Å². The molecule has 0 atom stereocenters. The van der Waals surface area contributed by atoms with E-state index in [1.165, 1.54) is 23.1 Å². The highest BCUT2D eigenvalue weighted by Crippen LogP contribution is 2.23. The van der Waals surface area contributed by atoms with Gasteiger partial charge in [-0.3, -0.25) is 14.9 Å². The fraction of sp³-hybridized carbons (Fsp3) is 0.200. The topological polar surface area (TPSA) is 136 Å². The summed E-state index contributed by atoms with van der Waals surface area (Å²) in [5.41, 5.74) is 6.13. The fourth-order valence-corrected chi connectivity index (χ4v) is 2.36. The zero-order valence-corrected chi connectivity index (χ0v) is 10.6. The second-order valence-electron chi connectivity index (χ2n) is 4.13. The number of primary sulfonamides is 1. The van der Waals surface area contributed by atoms with Crippen LogP contribution in [0.1, 0.15) is 0 Å². The average Bonchev–Trinajstić information content (AvgIpc) is 2.25. The molecule has 1 aromatic carbocycles. The molecule has 2 rings (SSSR count). The molecule has 5 N–H and O–H groups in total. The van der Waals surface area contributed by atoms with Crippen LogP contribution in [0.25, 0.3) is 0 Å². The lowest BCUT2D eigenvalue weighted by atomic mass is 10.2. The number of benzene rings is 1. The zero-order chi connectivity index (χ0) is 14.2. The van der Waals surface area contributed by atoms with E-state index in [1.54, 1.807) is 0 Å². The lowest BCUT2D eigenvalue weighted by Gasteiger charge is -2.27.